The molecular formula is C21H17ClN2O4S. The molecule has 2 aromatic carbocycles. The normalized spacial score (nSPS) is 10.3. The molecular weight excluding hydrogens is 412 g/mol. The summed E-state index contributed by atoms with van der Waals surface area (Å²) < 4.78 is 4.84. The number of hydrogen-bond donors (Lipinski definition) is 2. The molecule has 148 valence electrons. The number of ether oxygens (including phenoxy) is 1. The standard InChI is InChI=1S/C21H17ClN2O4S/c1-12-16(21(27)28-2)20(24-18(25)13-8-10-14(22)11-9-13)29-17(12)19(26)23-15-6-4-3-5-7-15/h3-11H,1-2H3,(H,23,26)(H,24,25). The second kappa shape index (κ2) is 8.89. The predicted octanol–water partition coefficient (Wildman–Crippen LogP) is 5.00. The van der Waals surface area contributed by atoms with E-state index in [0.717, 1.165) is 11.3 Å². The molecule has 29 heavy (non-hydrogen) atoms. The maximum atomic E-state index is 12.7. The van der Waals surface area contributed by atoms with Crippen LogP contribution in [0.5, 0.6) is 0 Å². The smallest absolute Gasteiger partial charge is 0.341 e. The molecule has 0 atom stereocenters. The Hall–Kier alpha value is -3.16. The molecule has 0 aliphatic heterocycles. The first-order chi connectivity index (χ1) is 13.9. The van der Waals surface area contributed by atoms with Gasteiger partial charge in [-0.15, -0.1) is 11.3 Å². The number of carbonyl (C=O) groups excluding carboxylic acids is 3. The summed E-state index contributed by atoms with van der Waals surface area (Å²) in [5.41, 5.74) is 1.57. The molecule has 8 heteroatoms. The van der Waals surface area contributed by atoms with Crippen LogP contribution in [-0.4, -0.2) is 24.9 Å². The molecule has 0 aliphatic rings. The summed E-state index contributed by atoms with van der Waals surface area (Å²) in [4.78, 5) is 37.9. The summed E-state index contributed by atoms with van der Waals surface area (Å²) in [7, 11) is 1.24. The van der Waals surface area contributed by atoms with E-state index >= 15 is 0 Å². The Kier molecular flexibility index (Phi) is 6.31. The van der Waals surface area contributed by atoms with E-state index in [9.17, 15) is 14.4 Å². The maximum Gasteiger partial charge on any atom is 0.341 e. The molecule has 3 aromatic rings. The van der Waals surface area contributed by atoms with Crippen molar-refractivity contribution in [3.05, 3.63) is 81.2 Å². The van der Waals surface area contributed by atoms with Gasteiger partial charge in [0.1, 0.15) is 5.00 Å². The zero-order valence-electron chi connectivity index (χ0n) is 15.6. The van der Waals surface area contributed by atoms with Crippen LogP contribution < -0.4 is 10.6 Å². The van der Waals surface area contributed by atoms with Gasteiger partial charge >= 0.3 is 5.97 Å². The Balaban J connectivity index is 1.92. The fourth-order valence-electron chi connectivity index (χ4n) is 2.65. The number of hydrogen-bond acceptors (Lipinski definition) is 5. The third-order valence-corrected chi connectivity index (χ3v) is 5.57. The number of benzene rings is 2. The van der Waals surface area contributed by atoms with Gasteiger partial charge in [-0.1, -0.05) is 29.8 Å². The number of esters is 1. The average Bonchev–Trinajstić information content (AvgIpc) is 3.04. The van der Waals surface area contributed by atoms with Crippen molar-refractivity contribution in [1.82, 2.24) is 0 Å². The Morgan fingerprint density at radius 2 is 1.59 bits per heavy atom. The lowest BCUT2D eigenvalue weighted by molar-refractivity contribution is 0.0601. The third kappa shape index (κ3) is 4.64. The van der Waals surface area contributed by atoms with Gasteiger partial charge in [0.15, 0.2) is 0 Å². The van der Waals surface area contributed by atoms with Crippen molar-refractivity contribution < 1.29 is 19.1 Å². The predicted molar refractivity (Wildman–Crippen MR) is 114 cm³/mol. The SMILES string of the molecule is COC(=O)c1c(NC(=O)c2ccc(Cl)cc2)sc(C(=O)Nc2ccccc2)c1C. The molecule has 2 N–H and O–H groups in total. The first-order valence-electron chi connectivity index (χ1n) is 8.55. The molecule has 0 bridgehead atoms. The Labute approximate surface area is 176 Å². The fraction of sp³-hybridized carbons (Fsp3) is 0.0952. The summed E-state index contributed by atoms with van der Waals surface area (Å²) in [6.07, 6.45) is 0. The fourth-order valence-corrected chi connectivity index (χ4v) is 3.86. The van der Waals surface area contributed by atoms with Crippen LogP contribution in [-0.2, 0) is 4.74 Å². The molecule has 0 unspecified atom stereocenters. The van der Waals surface area contributed by atoms with Crippen LogP contribution in [0.25, 0.3) is 0 Å². The van der Waals surface area contributed by atoms with Gasteiger partial charge in [0.2, 0.25) is 0 Å². The van der Waals surface area contributed by atoms with E-state index in [1.807, 2.05) is 6.07 Å². The van der Waals surface area contributed by atoms with Crippen LogP contribution in [0.15, 0.2) is 54.6 Å². The molecule has 3 rings (SSSR count). The van der Waals surface area contributed by atoms with Crippen molar-refractivity contribution in [2.24, 2.45) is 0 Å². The highest BCUT2D eigenvalue weighted by atomic mass is 35.5. The Bertz CT molecular complexity index is 1060. The van der Waals surface area contributed by atoms with Gasteiger partial charge in [0.25, 0.3) is 11.8 Å². The van der Waals surface area contributed by atoms with E-state index in [0.29, 0.717) is 26.7 Å². The molecule has 0 saturated heterocycles. The van der Waals surface area contributed by atoms with Crippen molar-refractivity contribution in [1.29, 1.82) is 0 Å². The lowest BCUT2D eigenvalue weighted by atomic mass is 10.1. The zero-order chi connectivity index (χ0) is 21.0. The first-order valence-corrected chi connectivity index (χ1v) is 9.75. The van der Waals surface area contributed by atoms with Gasteiger partial charge < -0.3 is 15.4 Å². The highest BCUT2D eigenvalue weighted by Gasteiger charge is 2.26. The number of anilines is 2. The van der Waals surface area contributed by atoms with Gasteiger partial charge in [-0.05, 0) is 48.9 Å². The molecule has 1 aromatic heterocycles. The Morgan fingerprint density at radius 1 is 0.931 bits per heavy atom. The van der Waals surface area contributed by atoms with Crippen LogP contribution in [0.1, 0.15) is 36.0 Å². The van der Waals surface area contributed by atoms with Gasteiger partial charge in [-0.25, -0.2) is 4.79 Å². The maximum absolute atomic E-state index is 12.7. The number of para-hydroxylation sites is 1. The summed E-state index contributed by atoms with van der Waals surface area (Å²) in [5.74, 6) is -1.44. The monoisotopic (exact) mass is 428 g/mol. The molecule has 1 heterocycles. The minimum absolute atomic E-state index is 0.151. The number of halogens is 1. The van der Waals surface area contributed by atoms with Crippen LogP contribution in [0, 0.1) is 6.92 Å². The summed E-state index contributed by atoms with van der Waals surface area (Å²) >= 11 is 6.86. The number of amides is 2. The zero-order valence-corrected chi connectivity index (χ0v) is 17.2. The van der Waals surface area contributed by atoms with Crippen molar-refractivity contribution >= 4 is 51.4 Å². The van der Waals surface area contributed by atoms with E-state index in [2.05, 4.69) is 10.6 Å². The van der Waals surface area contributed by atoms with E-state index in [-0.39, 0.29) is 16.5 Å². The minimum Gasteiger partial charge on any atom is -0.465 e. The molecule has 6 nitrogen and oxygen atoms in total. The molecule has 0 fully saturated rings. The summed E-state index contributed by atoms with van der Waals surface area (Å²) in [6.45, 7) is 1.64. The highest BCUT2D eigenvalue weighted by molar-refractivity contribution is 7.19. The molecule has 2 amide bonds. The minimum atomic E-state index is -0.635. The lowest BCUT2D eigenvalue weighted by Crippen LogP contribution is -2.14. The van der Waals surface area contributed by atoms with Gasteiger partial charge in [0.05, 0.1) is 17.6 Å². The number of nitrogens with one attached hydrogen (secondary N) is 2. The Morgan fingerprint density at radius 3 is 2.21 bits per heavy atom. The summed E-state index contributed by atoms with van der Waals surface area (Å²) in [6, 6.07) is 15.3. The van der Waals surface area contributed by atoms with Gasteiger partial charge in [-0.3, -0.25) is 9.59 Å². The van der Waals surface area contributed by atoms with E-state index < -0.39 is 11.9 Å². The van der Waals surface area contributed by atoms with Crippen LogP contribution in [0.4, 0.5) is 10.7 Å². The lowest BCUT2D eigenvalue weighted by Gasteiger charge is -2.06. The number of thiophene rings is 1. The highest BCUT2D eigenvalue weighted by Crippen LogP contribution is 2.34. The van der Waals surface area contributed by atoms with Gasteiger partial charge in [-0.2, -0.15) is 0 Å². The quantitative estimate of drug-likeness (QED) is 0.560. The van der Waals surface area contributed by atoms with E-state index in [1.54, 1.807) is 55.5 Å². The van der Waals surface area contributed by atoms with Crippen molar-refractivity contribution in [3.63, 3.8) is 0 Å². The number of carbonyl (C=O) groups is 3. The van der Waals surface area contributed by atoms with Crippen molar-refractivity contribution in [3.8, 4) is 0 Å². The summed E-state index contributed by atoms with van der Waals surface area (Å²) in [5, 5.41) is 6.22. The third-order valence-electron chi connectivity index (χ3n) is 4.11. The number of methoxy groups -OCH3 is 1. The largest absolute Gasteiger partial charge is 0.465 e. The molecule has 0 radical (unpaired) electrons. The van der Waals surface area contributed by atoms with E-state index in [4.69, 9.17) is 16.3 Å². The van der Waals surface area contributed by atoms with Gasteiger partial charge in [0, 0.05) is 16.3 Å². The van der Waals surface area contributed by atoms with Crippen molar-refractivity contribution in [2.75, 3.05) is 17.7 Å². The average molecular weight is 429 g/mol. The molecule has 0 spiro atoms. The second-order valence-electron chi connectivity index (χ2n) is 6.03. The first kappa shape index (κ1) is 20.6. The van der Waals surface area contributed by atoms with E-state index in [1.165, 1.54) is 7.11 Å². The molecule has 0 aliphatic carbocycles. The van der Waals surface area contributed by atoms with Crippen LogP contribution in [0.3, 0.4) is 0 Å². The number of rotatable bonds is 5. The van der Waals surface area contributed by atoms with Crippen LogP contribution in [0.2, 0.25) is 5.02 Å². The topological polar surface area (TPSA) is 84.5 Å². The van der Waals surface area contributed by atoms with Crippen molar-refractivity contribution in [2.45, 2.75) is 6.92 Å². The van der Waals surface area contributed by atoms with Crippen LogP contribution >= 0.6 is 22.9 Å². The molecule has 0 saturated carbocycles. The second-order valence-corrected chi connectivity index (χ2v) is 7.49.